The van der Waals surface area contributed by atoms with Crippen LogP contribution in [0, 0.1) is 19.8 Å². The number of likely N-dealkylation sites (tertiary alicyclic amines) is 1. The molecule has 32 heavy (non-hydrogen) atoms. The van der Waals surface area contributed by atoms with Crippen LogP contribution < -0.4 is 9.54 Å². The van der Waals surface area contributed by atoms with E-state index in [0.717, 1.165) is 61.5 Å². The summed E-state index contributed by atoms with van der Waals surface area (Å²) in [6, 6.07) is 3.24. The molecule has 1 aromatic carbocycles. The summed E-state index contributed by atoms with van der Waals surface area (Å²) in [5.74, 6) is 0.00933. The average Bonchev–Trinajstić information content (AvgIpc) is 3.41. The fraction of sp³-hybridized carbons (Fsp3) is 0.565. The molecule has 174 valence electrons. The Hall–Kier alpha value is -2.13. The number of aromatic nitrogens is 1. The van der Waals surface area contributed by atoms with Gasteiger partial charge >= 0.3 is 6.18 Å². The van der Waals surface area contributed by atoms with Crippen molar-refractivity contribution >= 4 is 17.2 Å². The molecular formula is C23H28F3N3O2S. The number of likely N-dealkylation sites (N-methyl/N-ethyl adjacent to an activating group) is 1. The number of carbonyl (C=O) groups is 1. The summed E-state index contributed by atoms with van der Waals surface area (Å²) in [6.45, 7) is 6.00. The van der Waals surface area contributed by atoms with Crippen LogP contribution in [0.5, 0.6) is 5.75 Å². The average molecular weight is 468 g/mol. The molecule has 2 aliphatic rings. The van der Waals surface area contributed by atoms with E-state index in [9.17, 15) is 18.0 Å². The fourth-order valence-electron chi connectivity index (χ4n) is 3.98. The van der Waals surface area contributed by atoms with E-state index < -0.39 is 17.6 Å². The summed E-state index contributed by atoms with van der Waals surface area (Å²) in [4.78, 5) is 21.1. The first-order valence-electron chi connectivity index (χ1n) is 10.9. The highest BCUT2D eigenvalue weighted by molar-refractivity contribution is 7.09. The molecule has 0 radical (unpaired) electrons. The van der Waals surface area contributed by atoms with Gasteiger partial charge in [0.25, 0.3) is 5.91 Å². The number of rotatable bonds is 6. The normalized spacial score (nSPS) is 20.2. The Morgan fingerprint density at radius 3 is 2.62 bits per heavy atom. The van der Waals surface area contributed by atoms with Gasteiger partial charge < -0.3 is 14.2 Å². The van der Waals surface area contributed by atoms with Gasteiger partial charge in [0, 0.05) is 23.2 Å². The first-order valence-corrected chi connectivity index (χ1v) is 11.8. The third-order valence-corrected chi connectivity index (χ3v) is 7.46. The maximum absolute atomic E-state index is 13.4. The number of alkyl halides is 3. The maximum atomic E-state index is 13.4. The van der Waals surface area contributed by atoms with Gasteiger partial charge in [-0.3, -0.25) is 4.79 Å². The van der Waals surface area contributed by atoms with Crippen molar-refractivity contribution in [3.05, 3.63) is 44.7 Å². The summed E-state index contributed by atoms with van der Waals surface area (Å²) in [7, 11) is 2.00. The molecule has 4 rings (SSSR count). The number of benzene rings is 1. The monoisotopic (exact) mass is 467 g/mol. The first kappa shape index (κ1) is 23.0. The Labute approximate surface area is 189 Å². The molecule has 1 amide bonds. The zero-order chi connectivity index (χ0) is 23.0. The lowest BCUT2D eigenvalue weighted by Gasteiger charge is -2.20. The number of halogens is 3. The van der Waals surface area contributed by atoms with Gasteiger partial charge in [0.05, 0.1) is 11.1 Å². The fourth-order valence-corrected chi connectivity index (χ4v) is 4.96. The topological polar surface area (TPSA) is 46.8 Å². The van der Waals surface area contributed by atoms with Gasteiger partial charge in [-0.05, 0) is 77.2 Å². The number of ether oxygens (including phenoxy) is 1. The molecule has 0 N–H and O–H groups in total. The molecule has 2 fully saturated rings. The van der Waals surface area contributed by atoms with Crippen LogP contribution in [0.3, 0.4) is 0 Å². The summed E-state index contributed by atoms with van der Waals surface area (Å²) in [5, 5.41) is 0. The van der Waals surface area contributed by atoms with Gasteiger partial charge in [0.2, 0.25) is 0 Å². The third kappa shape index (κ3) is 5.09. The van der Waals surface area contributed by atoms with Gasteiger partial charge in [-0.2, -0.15) is 18.2 Å². The number of amides is 1. The van der Waals surface area contributed by atoms with Crippen LogP contribution in [0.25, 0.3) is 0 Å². The Morgan fingerprint density at radius 1 is 1.25 bits per heavy atom. The lowest BCUT2D eigenvalue weighted by atomic mass is 10.1. The van der Waals surface area contributed by atoms with Crippen LogP contribution in [0.4, 0.5) is 13.2 Å². The molecule has 0 bridgehead atoms. The van der Waals surface area contributed by atoms with E-state index in [1.165, 1.54) is 17.4 Å². The summed E-state index contributed by atoms with van der Waals surface area (Å²) in [5.41, 5.74) is 0.00571. The molecule has 2 heterocycles. The van der Waals surface area contributed by atoms with E-state index in [1.807, 2.05) is 25.5 Å². The smallest absolute Gasteiger partial charge is 0.416 e. The zero-order valence-corrected chi connectivity index (χ0v) is 19.4. The number of hydrogen-bond donors (Lipinski definition) is 0. The number of carbonyl (C=O) groups excluding carboxylic acids is 1. The maximum Gasteiger partial charge on any atom is 0.416 e. The molecule has 5 nitrogen and oxygen atoms in total. The minimum Gasteiger partial charge on any atom is -0.491 e. The Balaban J connectivity index is 1.68. The van der Waals surface area contributed by atoms with E-state index >= 15 is 0 Å². The second kappa shape index (κ2) is 9.02. The molecule has 1 saturated heterocycles. The predicted molar refractivity (Wildman–Crippen MR) is 117 cm³/mol. The van der Waals surface area contributed by atoms with E-state index in [0.29, 0.717) is 17.3 Å². The second-order valence-corrected chi connectivity index (χ2v) is 9.98. The molecule has 1 atom stereocenters. The van der Waals surface area contributed by atoms with Crippen molar-refractivity contribution in [3.8, 4) is 5.75 Å². The predicted octanol–water partition coefficient (Wildman–Crippen LogP) is 4.81. The number of nitrogens with zero attached hydrogens (tertiary/aromatic N) is 3. The number of aryl methyl sites for hydroxylation is 1. The minimum atomic E-state index is -4.55. The van der Waals surface area contributed by atoms with Crippen LogP contribution in [0.15, 0.2) is 23.2 Å². The lowest BCUT2D eigenvalue weighted by molar-refractivity contribution is -0.137. The van der Waals surface area contributed by atoms with Crippen molar-refractivity contribution in [1.82, 2.24) is 9.47 Å². The van der Waals surface area contributed by atoms with Crippen molar-refractivity contribution in [2.45, 2.75) is 58.3 Å². The van der Waals surface area contributed by atoms with Gasteiger partial charge in [0.15, 0.2) is 4.80 Å². The molecule has 1 saturated carbocycles. The van der Waals surface area contributed by atoms with Gasteiger partial charge in [0.1, 0.15) is 12.4 Å². The zero-order valence-electron chi connectivity index (χ0n) is 18.5. The molecule has 1 aliphatic carbocycles. The molecule has 0 spiro atoms. The van der Waals surface area contributed by atoms with E-state index in [4.69, 9.17) is 4.74 Å². The van der Waals surface area contributed by atoms with E-state index in [2.05, 4.69) is 9.89 Å². The minimum absolute atomic E-state index is 0.144. The van der Waals surface area contributed by atoms with Crippen LogP contribution in [-0.4, -0.2) is 41.6 Å². The van der Waals surface area contributed by atoms with E-state index in [-0.39, 0.29) is 17.4 Å². The van der Waals surface area contributed by atoms with Crippen LogP contribution in [0.1, 0.15) is 52.2 Å². The summed E-state index contributed by atoms with van der Waals surface area (Å²) < 4.78 is 47.9. The van der Waals surface area contributed by atoms with Gasteiger partial charge in [-0.25, -0.2) is 0 Å². The highest BCUT2D eigenvalue weighted by Crippen LogP contribution is 2.34. The third-order valence-electron chi connectivity index (χ3n) is 6.36. The second-order valence-electron chi connectivity index (χ2n) is 8.79. The molecule has 1 aromatic heterocycles. The SMILES string of the molecule is Cc1sc(=NC(=O)c2cc(C(F)(F)F)ccc2OC[C@@H]2CCCN2C)n(CC2CC2)c1C. The van der Waals surface area contributed by atoms with E-state index in [1.54, 1.807) is 0 Å². The quantitative estimate of drug-likeness (QED) is 0.613. The Bertz CT molecular complexity index is 1070. The van der Waals surface area contributed by atoms with Crippen molar-refractivity contribution < 1.29 is 22.7 Å². The molecular weight excluding hydrogens is 439 g/mol. The van der Waals surface area contributed by atoms with Crippen molar-refractivity contribution in [2.24, 2.45) is 10.9 Å². The van der Waals surface area contributed by atoms with Crippen molar-refractivity contribution in [3.63, 3.8) is 0 Å². The Kier molecular flexibility index (Phi) is 6.49. The first-order chi connectivity index (χ1) is 15.1. The molecule has 9 heteroatoms. The lowest BCUT2D eigenvalue weighted by Crippen LogP contribution is -2.30. The Morgan fingerprint density at radius 2 is 2.00 bits per heavy atom. The van der Waals surface area contributed by atoms with Gasteiger partial charge in [-0.15, -0.1) is 11.3 Å². The van der Waals surface area contributed by atoms with Crippen molar-refractivity contribution in [2.75, 3.05) is 20.2 Å². The van der Waals surface area contributed by atoms with Crippen LogP contribution in [0.2, 0.25) is 0 Å². The standard InChI is InChI=1S/C23H28F3N3O2S/c1-14-15(2)32-22(29(14)12-16-6-7-16)27-21(30)19-11-17(23(24,25)26)8-9-20(19)31-13-18-5-4-10-28(18)3/h8-9,11,16,18H,4-7,10,12-13H2,1-3H3/t18-/m0/s1. The molecule has 0 unspecified atom stereocenters. The van der Waals surface area contributed by atoms with Gasteiger partial charge in [-0.1, -0.05) is 0 Å². The summed E-state index contributed by atoms with van der Waals surface area (Å²) >= 11 is 1.39. The van der Waals surface area contributed by atoms with Crippen LogP contribution >= 0.6 is 11.3 Å². The summed E-state index contributed by atoms with van der Waals surface area (Å²) in [6.07, 6.45) is -0.246. The number of thiazole rings is 1. The molecule has 2 aromatic rings. The largest absolute Gasteiger partial charge is 0.491 e. The highest BCUT2D eigenvalue weighted by atomic mass is 32.1. The van der Waals surface area contributed by atoms with Crippen molar-refractivity contribution in [1.29, 1.82) is 0 Å². The highest BCUT2D eigenvalue weighted by Gasteiger charge is 2.32. The molecule has 1 aliphatic heterocycles. The van der Waals surface area contributed by atoms with Crippen LogP contribution in [-0.2, 0) is 12.7 Å². The number of hydrogen-bond acceptors (Lipinski definition) is 4.